The van der Waals surface area contributed by atoms with Gasteiger partial charge < -0.3 is 33.8 Å². The van der Waals surface area contributed by atoms with Crippen molar-refractivity contribution in [2.75, 3.05) is 39.6 Å². The molecule has 0 bridgehead atoms. The minimum Gasteiger partial charge on any atom is -0.462 e. The smallest absolute Gasteiger partial charge is 0.462 e. The molecule has 0 amide bonds. The van der Waals surface area contributed by atoms with Crippen LogP contribution in [0.1, 0.15) is 349 Å². The molecule has 5 atom stereocenters. The van der Waals surface area contributed by atoms with Gasteiger partial charge >= 0.3 is 39.5 Å². The van der Waals surface area contributed by atoms with Crippen LogP contribution in [0.2, 0.25) is 0 Å². The quantitative estimate of drug-likeness (QED) is 0.0169. The molecule has 19 heteroatoms. The summed E-state index contributed by atoms with van der Waals surface area (Å²) in [5.41, 5.74) is 0. The summed E-state index contributed by atoms with van der Waals surface area (Å²) in [6, 6.07) is 0. The van der Waals surface area contributed by atoms with E-state index in [0.29, 0.717) is 25.7 Å². The van der Waals surface area contributed by atoms with Gasteiger partial charge in [0, 0.05) is 25.7 Å². The van der Waals surface area contributed by atoms with Crippen LogP contribution in [0.5, 0.6) is 0 Å². The van der Waals surface area contributed by atoms with Gasteiger partial charge in [0.25, 0.3) is 0 Å². The largest absolute Gasteiger partial charge is 0.472 e. The van der Waals surface area contributed by atoms with E-state index in [0.717, 1.165) is 154 Å². The average molecular weight is 1450 g/mol. The molecular weight excluding hydrogens is 1310 g/mol. The summed E-state index contributed by atoms with van der Waals surface area (Å²) < 4.78 is 68.5. The zero-order valence-corrected chi connectivity index (χ0v) is 65.2. The average Bonchev–Trinajstić information content (AvgIpc) is 0.946. The standard InChI is InChI=1S/C81H144O17P2/c1-5-9-13-17-21-25-29-33-35-36-37-38-40-43-46-50-54-58-62-66-79(84)92-72-77(98-81(86)68-64-60-56-52-48-44-39-34-30-26-22-18-14-10-6-2)74-96-100(89,90)94-70-75(82)69-93-99(87,88)95-73-76(97-80(85)67-63-59-55-51-47-42-32-28-24-20-16-12-8-4)71-91-78(83)65-61-57-53-49-45-41-31-27-23-19-15-11-7-3/h9,13,21,25,27-28,31-33,35,37-38,43,46,75-77,82H,5-8,10-12,14-20,22-24,26,29-30,34,36,39-42,44-45,47-74H2,1-4H3,(H,87,88)(H,89,90)/b13-9-,25-21-,31-27-,32-28-,35-33-,38-37-,46-43-. The summed E-state index contributed by atoms with van der Waals surface area (Å²) in [5, 5.41) is 10.6. The molecule has 0 aromatic carbocycles. The minimum atomic E-state index is -4.98. The number of allylic oxidation sites excluding steroid dienone is 14. The van der Waals surface area contributed by atoms with E-state index in [9.17, 15) is 43.2 Å². The van der Waals surface area contributed by atoms with Gasteiger partial charge in [-0.3, -0.25) is 37.3 Å². The Morgan fingerprint density at radius 1 is 0.290 bits per heavy atom. The van der Waals surface area contributed by atoms with Gasteiger partial charge in [0.1, 0.15) is 19.3 Å². The molecule has 0 aliphatic carbocycles. The number of hydrogen-bond donors (Lipinski definition) is 3. The lowest BCUT2D eigenvalue weighted by molar-refractivity contribution is -0.161. The third-order valence-corrected chi connectivity index (χ3v) is 18.7. The van der Waals surface area contributed by atoms with Gasteiger partial charge in [0.15, 0.2) is 12.2 Å². The second-order valence-electron chi connectivity index (χ2n) is 26.6. The van der Waals surface area contributed by atoms with Crippen LogP contribution in [-0.4, -0.2) is 96.7 Å². The number of ether oxygens (including phenoxy) is 4. The molecule has 3 N–H and O–H groups in total. The molecule has 0 rings (SSSR count). The molecule has 0 aliphatic rings. The molecule has 580 valence electrons. The molecule has 0 fully saturated rings. The normalized spacial score (nSPS) is 14.3. The summed E-state index contributed by atoms with van der Waals surface area (Å²) >= 11 is 0. The van der Waals surface area contributed by atoms with Gasteiger partial charge in [-0.2, -0.15) is 0 Å². The van der Waals surface area contributed by atoms with Crippen molar-refractivity contribution in [1.29, 1.82) is 0 Å². The Morgan fingerprint density at radius 2 is 0.520 bits per heavy atom. The summed E-state index contributed by atoms with van der Waals surface area (Å²) in [6.07, 6.45) is 75.6. The first-order valence-electron chi connectivity index (χ1n) is 39.8. The van der Waals surface area contributed by atoms with Crippen LogP contribution in [0.4, 0.5) is 0 Å². The molecule has 17 nitrogen and oxygen atoms in total. The van der Waals surface area contributed by atoms with E-state index in [1.165, 1.54) is 116 Å². The van der Waals surface area contributed by atoms with Crippen LogP contribution in [0, 0.1) is 0 Å². The van der Waals surface area contributed by atoms with Gasteiger partial charge in [0.05, 0.1) is 26.4 Å². The maximum absolute atomic E-state index is 13.1. The summed E-state index contributed by atoms with van der Waals surface area (Å²) in [7, 11) is -9.95. The van der Waals surface area contributed by atoms with Crippen molar-refractivity contribution in [3.63, 3.8) is 0 Å². The van der Waals surface area contributed by atoms with E-state index in [2.05, 4.69) is 113 Å². The van der Waals surface area contributed by atoms with Crippen LogP contribution in [0.15, 0.2) is 85.1 Å². The van der Waals surface area contributed by atoms with E-state index < -0.39 is 97.5 Å². The lowest BCUT2D eigenvalue weighted by Gasteiger charge is -2.21. The van der Waals surface area contributed by atoms with E-state index >= 15 is 0 Å². The number of rotatable bonds is 75. The molecule has 0 aromatic rings. The zero-order chi connectivity index (χ0) is 73.2. The topological polar surface area (TPSA) is 237 Å². The van der Waals surface area contributed by atoms with Crippen molar-refractivity contribution in [3.8, 4) is 0 Å². The number of phosphoric ester groups is 2. The first-order chi connectivity index (χ1) is 48.7. The molecule has 0 aromatic heterocycles. The fourth-order valence-corrected chi connectivity index (χ4v) is 12.3. The summed E-state index contributed by atoms with van der Waals surface area (Å²) in [5.74, 6) is -2.21. The van der Waals surface area contributed by atoms with Gasteiger partial charge in [-0.1, -0.05) is 286 Å². The maximum Gasteiger partial charge on any atom is 0.472 e. The third-order valence-electron chi connectivity index (χ3n) is 16.8. The first kappa shape index (κ1) is 96.2. The Kier molecular flexibility index (Phi) is 70.8. The Balaban J connectivity index is 5.36. The van der Waals surface area contributed by atoms with Crippen LogP contribution >= 0.6 is 15.6 Å². The predicted molar refractivity (Wildman–Crippen MR) is 409 cm³/mol. The molecule has 0 saturated heterocycles. The lowest BCUT2D eigenvalue weighted by Crippen LogP contribution is -2.30. The Morgan fingerprint density at radius 3 is 0.830 bits per heavy atom. The fraction of sp³-hybridized carbons (Fsp3) is 0.778. The third kappa shape index (κ3) is 72.6. The van der Waals surface area contributed by atoms with Gasteiger partial charge in [-0.05, 0) is 122 Å². The summed E-state index contributed by atoms with van der Waals surface area (Å²) in [6.45, 7) is 4.73. The number of aliphatic hydroxyl groups excluding tert-OH is 1. The van der Waals surface area contributed by atoms with Crippen LogP contribution in [-0.2, 0) is 65.4 Å². The van der Waals surface area contributed by atoms with Crippen LogP contribution < -0.4 is 0 Å². The van der Waals surface area contributed by atoms with Crippen molar-refractivity contribution in [2.24, 2.45) is 0 Å². The van der Waals surface area contributed by atoms with Crippen molar-refractivity contribution in [2.45, 2.75) is 367 Å². The number of aliphatic hydroxyl groups is 1. The first-order valence-corrected chi connectivity index (χ1v) is 42.8. The number of unbranched alkanes of at least 4 members (excludes halogenated alkanes) is 35. The molecule has 0 aliphatic heterocycles. The highest BCUT2D eigenvalue weighted by atomic mass is 31.2. The Bertz CT molecular complexity index is 2230. The van der Waals surface area contributed by atoms with E-state index in [-0.39, 0.29) is 25.7 Å². The van der Waals surface area contributed by atoms with Crippen LogP contribution in [0.3, 0.4) is 0 Å². The summed E-state index contributed by atoms with van der Waals surface area (Å²) in [4.78, 5) is 72.9. The Labute approximate surface area is 608 Å². The highest BCUT2D eigenvalue weighted by Gasteiger charge is 2.30. The number of hydrogen-bond acceptors (Lipinski definition) is 15. The number of carbonyl (C=O) groups excluding carboxylic acids is 4. The molecule has 0 spiro atoms. The van der Waals surface area contributed by atoms with E-state index in [1.54, 1.807) is 0 Å². The highest BCUT2D eigenvalue weighted by molar-refractivity contribution is 7.47. The van der Waals surface area contributed by atoms with Crippen molar-refractivity contribution in [1.82, 2.24) is 0 Å². The fourth-order valence-electron chi connectivity index (χ4n) is 10.8. The van der Waals surface area contributed by atoms with Crippen molar-refractivity contribution < 1.29 is 80.2 Å². The van der Waals surface area contributed by atoms with Crippen LogP contribution in [0.25, 0.3) is 0 Å². The maximum atomic E-state index is 13.1. The lowest BCUT2D eigenvalue weighted by atomic mass is 10.0. The molecular formula is C81H144O17P2. The van der Waals surface area contributed by atoms with E-state index in [1.807, 2.05) is 0 Å². The molecule has 0 radical (unpaired) electrons. The molecule has 0 saturated carbocycles. The van der Waals surface area contributed by atoms with Crippen molar-refractivity contribution in [3.05, 3.63) is 85.1 Å². The zero-order valence-electron chi connectivity index (χ0n) is 63.4. The monoisotopic (exact) mass is 1450 g/mol. The number of carbonyl (C=O) groups is 4. The second-order valence-corrected chi connectivity index (χ2v) is 29.5. The number of esters is 4. The highest BCUT2D eigenvalue weighted by Crippen LogP contribution is 2.45. The second kappa shape index (κ2) is 73.5. The Hall–Kier alpha value is -3.76. The SMILES string of the molecule is CC/C=C\C/C=C\C/C=C\C/C=C\C/C=C\CCCCCC(=O)OCC(COP(=O)(O)OCC(O)COP(=O)(O)OCC(COC(=O)CCCCCCC/C=C\CCCCCC)OC(=O)CCCCCCC/C=C\CCCCCC)OC(=O)CCCCCCCCCCCCCCCCC. The molecule has 100 heavy (non-hydrogen) atoms. The molecule has 0 heterocycles. The van der Waals surface area contributed by atoms with Crippen molar-refractivity contribution >= 4 is 39.5 Å². The predicted octanol–water partition coefficient (Wildman–Crippen LogP) is 23.0. The van der Waals surface area contributed by atoms with Gasteiger partial charge in [0.2, 0.25) is 0 Å². The minimum absolute atomic E-state index is 0.0852. The molecule has 5 unspecified atom stereocenters. The number of phosphoric acid groups is 2. The van der Waals surface area contributed by atoms with Gasteiger partial charge in [-0.15, -0.1) is 0 Å². The van der Waals surface area contributed by atoms with Gasteiger partial charge in [-0.25, -0.2) is 9.13 Å². The van der Waals surface area contributed by atoms with E-state index in [4.69, 9.17) is 37.0 Å².